The second-order valence-electron chi connectivity index (χ2n) is 5.65. The Labute approximate surface area is 134 Å². The molecule has 120 valence electrons. The first-order chi connectivity index (χ1) is 10.8. The quantitative estimate of drug-likeness (QED) is 0.472. The van der Waals surface area contributed by atoms with Gasteiger partial charge in [0.05, 0.1) is 6.54 Å². The van der Waals surface area contributed by atoms with Gasteiger partial charge in [-0.2, -0.15) is 0 Å². The van der Waals surface area contributed by atoms with E-state index >= 15 is 0 Å². The minimum atomic E-state index is -1.42. The van der Waals surface area contributed by atoms with Gasteiger partial charge in [-0.3, -0.25) is 24.2 Å². The summed E-state index contributed by atoms with van der Waals surface area (Å²) in [6.45, 7) is 4.62. The molecule has 6 heteroatoms. The Bertz CT molecular complexity index is 683. The molecule has 1 aliphatic heterocycles. The van der Waals surface area contributed by atoms with Crippen molar-refractivity contribution in [2.75, 3.05) is 13.6 Å². The summed E-state index contributed by atoms with van der Waals surface area (Å²) in [4.78, 5) is 51.2. The van der Waals surface area contributed by atoms with Gasteiger partial charge in [0.15, 0.2) is 5.78 Å². The van der Waals surface area contributed by atoms with Crippen molar-refractivity contribution in [2.45, 2.75) is 13.3 Å². The Kier molecular flexibility index (Phi) is 4.45. The van der Waals surface area contributed by atoms with Crippen molar-refractivity contribution in [3.8, 4) is 0 Å². The maximum absolute atomic E-state index is 12.6. The van der Waals surface area contributed by atoms with Crippen molar-refractivity contribution in [1.82, 2.24) is 9.80 Å². The number of imide groups is 2. The summed E-state index contributed by atoms with van der Waals surface area (Å²) in [5.74, 6) is -1.62. The number of urea groups is 1. The van der Waals surface area contributed by atoms with E-state index in [1.54, 1.807) is 30.3 Å². The van der Waals surface area contributed by atoms with Gasteiger partial charge in [0.1, 0.15) is 5.41 Å². The summed E-state index contributed by atoms with van der Waals surface area (Å²) in [5, 5.41) is 0. The molecule has 0 radical (unpaired) electrons. The van der Waals surface area contributed by atoms with E-state index < -0.39 is 29.8 Å². The molecule has 0 spiro atoms. The third kappa shape index (κ3) is 2.79. The molecule has 6 nitrogen and oxygen atoms in total. The highest BCUT2D eigenvalue weighted by atomic mass is 16.2. The van der Waals surface area contributed by atoms with Crippen molar-refractivity contribution < 1.29 is 19.2 Å². The number of benzene rings is 1. The zero-order chi connectivity index (χ0) is 17.2. The van der Waals surface area contributed by atoms with Crippen LogP contribution < -0.4 is 0 Å². The van der Waals surface area contributed by atoms with Gasteiger partial charge in [-0.1, -0.05) is 36.4 Å². The molecule has 1 saturated heterocycles. The van der Waals surface area contributed by atoms with E-state index in [-0.39, 0.29) is 12.2 Å². The van der Waals surface area contributed by atoms with Crippen molar-refractivity contribution in [3.05, 3.63) is 48.6 Å². The topological polar surface area (TPSA) is 74.8 Å². The average molecular weight is 314 g/mol. The predicted octanol–water partition coefficient (Wildman–Crippen LogP) is 1.87. The lowest BCUT2D eigenvalue weighted by molar-refractivity contribution is -0.156. The smallest absolute Gasteiger partial charge is 0.292 e. The summed E-state index contributed by atoms with van der Waals surface area (Å²) in [5.41, 5.74) is -1.01. The highest BCUT2D eigenvalue weighted by molar-refractivity contribution is 6.20. The van der Waals surface area contributed by atoms with E-state index in [1.807, 2.05) is 0 Å². The molecule has 0 N–H and O–H groups in total. The molecule has 1 aromatic rings. The molecule has 1 fully saturated rings. The molecule has 1 heterocycles. The third-order valence-electron chi connectivity index (χ3n) is 3.96. The van der Waals surface area contributed by atoms with Gasteiger partial charge < -0.3 is 0 Å². The lowest BCUT2D eigenvalue weighted by atomic mass is 9.82. The molecule has 0 aliphatic carbocycles. The van der Waals surface area contributed by atoms with Gasteiger partial charge >= 0.3 is 6.03 Å². The molecule has 1 unspecified atom stereocenters. The summed E-state index contributed by atoms with van der Waals surface area (Å²) in [6, 6.07) is 7.60. The first kappa shape index (κ1) is 16.6. The number of hydrogen-bond acceptors (Lipinski definition) is 4. The van der Waals surface area contributed by atoms with Crippen LogP contribution in [0.2, 0.25) is 0 Å². The maximum atomic E-state index is 12.6. The zero-order valence-electron chi connectivity index (χ0n) is 13.1. The van der Waals surface area contributed by atoms with Crippen molar-refractivity contribution in [1.29, 1.82) is 0 Å². The van der Waals surface area contributed by atoms with E-state index in [2.05, 4.69) is 6.58 Å². The number of ketones is 1. The van der Waals surface area contributed by atoms with E-state index in [1.165, 1.54) is 20.0 Å². The first-order valence-corrected chi connectivity index (χ1v) is 7.16. The van der Waals surface area contributed by atoms with Crippen LogP contribution in [0.15, 0.2) is 43.0 Å². The average Bonchev–Trinajstić information content (AvgIpc) is 2.56. The minimum Gasteiger partial charge on any atom is -0.292 e. The van der Waals surface area contributed by atoms with Crippen LogP contribution in [0.5, 0.6) is 0 Å². The standard InChI is InChI=1S/C17H18N2O4/c1-4-10-17(2)14(21)18(3)16(23)19(15(17)22)11-13(20)12-8-6-5-7-9-12/h4-9H,1,10-11H2,2-3H3. The molecule has 0 bridgehead atoms. The molecule has 1 atom stereocenters. The van der Waals surface area contributed by atoms with E-state index in [9.17, 15) is 19.2 Å². The summed E-state index contributed by atoms with van der Waals surface area (Å²) >= 11 is 0. The number of carbonyl (C=O) groups excluding carboxylic acids is 4. The highest BCUT2D eigenvalue weighted by Gasteiger charge is 2.52. The maximum Gasteiger partial charge on any atom is 0.333 e. The van der Waals surface area contributed by atoms with Gasteiger partial charge in [0.25, 0.3) is 0 Å². The number of barbiturate groups is 1. The number of amides is 4. The molecule has 2 rings (SSSR count). The van der Waals surface area contributed by atoms with Crippen LogP contribution in [0.3, 0.4) is 0 Å². The van der Waals surface area contributed by atoms with Crippen molar-refractivity contribution in [3.63, 3.8) is 0 Å². The number of nitrogens with zero attached hydrogens (tertiary/aromatic N) is 2. The number of carbonyl (C=O) groups is 4. The summed E-state index contributed by atoms with van der Waals surface area (Å²) in [6.07, 6.45) is 1.55. The fourth-order valence-electron chi connectivity index (χ4n) is 2.58. The zero-order valence-corrected chi connectivity index (χ0v) is 13.1. The van der Waals surface area contributed by atoms with E-state index in [0.29, 0.717) is 5.56 Å². The van der Waals surface area contributed by atoms with Gasteiger partial charge in [-0.25, -0.2) is 4.79 Å². The van der Waals surface area contributed by atoms with Crippen LogP contribution in [0.25, 0.3) is 0 Å². The fourth-order valence-corrected chi connectivity index (χ4v) is 2.58. The second-order valence-corrected chi connectivity index (χ2v) is 5.65. The van der Waals surface area contributed by atoms with Crippen LogP contribution in [0.4, 0.5) is 4.79 Å². The third-order valence-corrected chi connectivity index (χ3v) is 3.96. The predicted molar refractivity (Wildman–Crippen MR) is 83.6 cm³/mol. The molecule has 1 aromatic carbocycles. The van der Waals surface area contributed by atoms with Crippen LogP contribution in [-0.4, -0.2) is 47.0 Å². The Morgan fingerprint density at radius 1 is 1.17 bits per heavy atom. The van der Waals surface area contributed by atoms with Crippen molar-refractivity contribution in [2.24, 2.45) is 5.41 Å². The molecular formula is C17H18N2O4. The van der Waals surface area contributed by atoms with Crippen LogP contribution in [0, 0.1) is 5.41 Å². The summed E-state index contributed by atoms with van der Waals surface area (Å²) in [7, 11) is 1.30. The fraction of sp³-hybridized carbons (Fsp3) is 0.294. The van der Waals surface area contributed by atoms with Gasteiger partial charge in [0, 0.05) is 12.6 Å². The van der Waals surface area contributed by atoms with Gasteiger partial charge in [-0.15, -0.1) is 6.58 Å². The molecular weight excluding hydrogens is 296 g/mol. The van der Waals surface area contributed by atoms with E-state index in [4.69, 9.17) is 0 Å². The Morgan fingerprint density at radius 3 is 2.35 bits per heavy atom. The van der Waals surface area contributed by atoms with Gasteiger partial charge in [0.2, 0.25) is 11.8 Å². The number of rotatable bonds is 5. The first-order valence-electron chi connectivity index (χ1n) is 7.16. The Morgan fingerprint density at radius 2 is 1.78 bits per heavy atom. The molecule has 23 heavy (non-hydrogen) atoms. The monoisotopic (exact) mass is 314 g/mol. The van der Waals surface area contributed by atoms with Crippen LogP contribution >= 0.6 is 0 Å². The molecule has 0 saturated carbocycles. The van der Waals surface area contributed by atoms with Crippen LogP contribution in [-0.2, 0) is 9.59 Å². The number of allylic oxidation sites excluding steroid dienone is 1. The normalized spacial score (nSPS) is 21.6. The van der Waals surface area contributed by atoms with Crippen molar-refractivity contribution >= 4 is 23.6 Å². The molecule has 1 aliphatic rings. The van der Waals surface area contributed by atoms with Crippen LogP contribution in [0.1, 0.15) is 23.7 Å². The number of hydrogen-bond donors (Lipinski definition) is 0. The Balaban J connectivity index is 2.31. The largest absolute Gasteiger partial charge is 0.333 e. The lowest BCUT2D eigenvalue weighted by Crippen LogP contribution is -2.63. The Hall–Kier alpha value is -2.76. The number of Topliss-reactive ketones (excluding diaryl/α,β-unsaturated/α-hetero) is 1. The minimum absolute atomic E-state index is 0.0955. The highest BCUT2D eigenvalue weighted by Crippen LogP contribution is 2.32. The lowest BCUT2D eigenvalue weighted by Gasteiger charge is -2.40. The molecule has 4 amide bonds. The molecule has 0 aromatic heterocycles. The van der Waals surface area contributed by atoms with E-state index in [0.717, 1.165) is 9.80 Å². The summed E-state index contributed by atoms with van der Waals surface area (Å²) < 4.78 is 0. The van der Waals surface area contributed by atoms with Gasteiger partial charge in [-0.05, 0) is 13.3 Å². The second kappa shape index (κ2) is 6.16. The SMILES string of the molecule is C=CCC1(C)C(=O)N(C)C(=O)N(CC(=O)c2ccccc2)C1=O.